The van der Waals surface area contributed by atoms with Crippen molar-refractivity contribution in [2.45, 2.75) is 13.0 Å². The minimum absolute atomic E-state index is 0.157. The van der Waals surface area contributed by atoms with Crippen LogP contribution in [0.3, 0.4) is 0 Å². The van der Waals surface area contributed by atoms with Gasteiger partial charge in [0, 0.05) is 10.9 Å². The number of nitrogens with one attached hydrogen (secondary N) is 1. The first kappa shape index (κ1) is 13.7. The molecule has 0 saturated carbocycles. The van der Waals surface area contributed by atoms with Gasteiger partial charge >= 0.3 is 0 Å². The average Bonchev–Trinajstić information content (AvgIpc) is 2.92. The van der Waals surface area contributed by atoms with Crippen LogP contribution >= 0.6 is 35.2 Å². The lowest BCUT2D eigenvalue weighted by Gasteiger charge is -2.12. The summed E-state index contributed by atoms with van der Waals surface area (Å²) in [6.45, 7) is 1.91. The molecule has 1 unspecified atom stereocenters. The van der Waals surface area contributed by atoms with Crippen LogP contribution < -0.4 is 0 Å². The van der Waals surface area contributed by atoms with E-state index in [-0.39, 0.29) is 11.6 Å². The predicted octanol–water partition coefficient (Wildman–Crippen LogP) is 5.30. The van der Waals surface area contributed by atoms with Crippen LogP contribution in [0.5, 0.6) is 0 Å². The maximum absolute atomic E-state index is 13.8. The highest BCUT2D eigenvalue weighted by atomic mass is 35.5. The molecule has 0 aliphatic rings. The third-order valence-electron chi connectivity index (χ3n) is 3.14. The maximum Gasteiger partial charge on any atom is 0.178 e. The maximum atomic E-state index is 13.8. The Morgan fingerprint density at radius 3 is 2.75 bits per heavy atom. The Labute approximate surface area is 127 Å². The molecule has 0 bridgehead atoms. The van der Waals surface area contributed by atoms with E-state index in [4.69, 9.17) is 23.8 Å². The fourth-order valence-electron chi connectivity index (χ4n) is 2.21. The second-order valence-corrected chi connectivity index (χ2v) is 6.53. The van der Waals surface area contributed by atoms with Gasteiger partial charge in [-0.25, -0.2) is 8.78 Å². The van der Waals surface area contributed by atoms with Gasteiger partial charge in [0.05, 0.1) is 15.9 Å². The first-order valence-electron chi connectivity index (χ1n) is 5.82. The lowest BCUT2D eigenvalue weighted by Crippen LogP contribution is -2.05. The third-order valence-corrected chi connectivity index (χ3v) is 4.84. The van der Waals surface area contributed by atoms with E-state index in [2.05, 4.69) is 4.98 Å². The van der Waals surface area contributed by atoms with Crippen LogP contribution in [-0.4, -0.2) is 9.55 Å². The van der Waals surface area contributed by atoms with Gasteiger partial charge in [0.2, 0.25) is 0 Å². The summed E-state index contributed by atoms with van der Waals surface area (Å²) < 4.78 is 29.9. The van der Waals surface area contributed by atoms with Crippen LogP contribution in [0.2, 0.25) is 4.34 Å². The number of aromatic amines is 1. The van der Waals surface area contributed by atoms with E-state index in [9.17, 15) is 8.78 Å². The molecule has 2 heterocycles. The molecule has 3 aromatic rings. The van der Waals surface area contributed by atoms with Crippen molar-refractivity contribution in [3.05, 3.63) is 49.9 Å². The number of hydrogen-bond donors (Lipinski definition) is 1. The van der Waals surface area contributed by atoms with Crippen molar-refractivity contribution >= 4 is 46.2 Å². The van der Waals surface area contributed by atoms with Gasteiger partial charge in [-0.05, 0) is 37.3 Å². The topological polar surface area (TPSA) is 20.7 Å². The van der Waals surface area contributed by atoms with Crippen LogP contribution in [0, 0.1) is 16.4 Å². The van der Waals surface area contributed by atoms with Crippen LogP contribution in [0.25, 0.3) is 11.0 Å². The van der Waals surface area contributed by atoms with Gasteiger partial charge in [0.25, 0.3) is 0 Å². The predicted molar refractivity (Wildman–Crippen MR) is 80.2 cm³/mol. The SMILES string of the molecule is CC(c1ccc(Cl)s1)n1c(=S)[nH]c2c(F)cc(F)cc21. The van der Waals surface area contributed by atoms with E-state index in [0.717, 1.165) is 10.9 Å². The summed E-state index contributed by atoms with van der Waals surface area (Å²) >= 11 is 12.6. The van der Waals surface area contributed by atoms with Crippen molar-refractivity contribution in [1.29, 1.82) is 0 Å². The van der Waals surface area contributed by atoms with Gasteiger partial charge in [-0.3, -0.25) is 0 Å². The number of thiophene rings is 1. The smallest absolute Gasteiger partial charge is 0.178 e. The molecule has 0 amide bonds. The molecular weight excluding hydrogens is 322 g/mol. The van der Waals surface area contributed by atoms with Crippen LogP contribution in [-0.2, 0) is 0 Å². The average molecular weight is 331 g/mol. The second-order valence-electron chi connectivity index (χ2n) is 4.40. The van der Waals surface area contributed by atoms with Crippen molar-refractivity contribution in [2.24, 2.45) is 0 Å². The Balaban J connectivity index is 2.25. The highest BCUT2D eigenvalue weighted by Gasteiger charge is 2.17. The minimum atomic E-state index is -0.652. The summed E-state index contributed by atoms with van der Waals surface area (Å²) in [5.41, 5.74) is 0.621. The summed E-state index contributed by atoms with van der Waals surface area (Å²) in [4.78, 5) is 3.76. The molecule has 0 radical (unpaired) electrons. The number of hydrogen-bond acceptors (Lipinski definition) is 2. The Hall–Kier alpha value is -1.24. The van der Waals surface area contributed by atoms with Crippen molar-refractivity contribution in [1.82, 2.24) is 9.55 Å². The molecule has 7 heteroatoms. The van der Waals surface area contributed by atoms with E-state index < -0.39 is 11.6 Å². The molecule has 3 rings (SSSR count). The molecular formula is C13H9ClF2N2S2. The first-order chi connectivity index (χ1) is 9.47. The molecule has 0 aliphatic heterocycles. The molecule has 2 nitrogen and oxygen atoms in total. The van der Waals surface area contributed by atoms with Crippen molar-refractivity contribution in [3.63, 3.8) is 0 Å². The van der Waals surface area contributed by atoms with E-state index in [1.165, 1.54) is 17.4 Å². The van der Waals surface area contributed by atoms with Gasteiger partial charge < -0.3 is 9.55 Å². The number of rotatable bonds is 2. The summed E-state index contributed by atoms with van der Waals surface area (Å²) in [7, 11) is 0. The number of fused-ring (bicyclic) bond motifs is 1. The zero-order valence-electron chi connectivity index (χ0n) is 10.3. The number of benzene rings is 1. The summed E-state index contributed by atoms with van der Waals surface area (Å²) in [6, 6.07) is 5.63. The van der Waals surface area contributed by atoms with Gasteiger partial charge in [-0.2, -0.15) is 0 Å². The Bertz CT molecular complexity index is 850. The fraction of sp³-hybridized carbons (Fsp3) is 0.154. The number of nitrogens with zero attached hydrogens (tertiary/aromatic N) is 1. The van der Waals surface area contributed by atoms with E-state index in [1.807, 2.05) is 13.0 Å². The lowest BCUT2D eigenvalue weighted by atomic mass is 10.2. The summed E-state index contributed by atoms with van der Waals surface area (Å²) in [5.74, 6) is -1.28. The largest absolute Gasteiger partial charge is 0.328 e. The number of halogens is 3. The van der Waals surface area contributed by atoms with E-state index in [1.54, 1.807) is 10.6 Å². The van der Waals surface area contributed by atoms with Crippen LogP contribution in [0.1, 0.15) is 17.8 Å². The molecule has 1 atom stereocenters. The zero-order chi connectivity index (χ0) is 14.4. The monoisotopic (exact) mass is 330 g/mol. The molecule has 0 fully saturated rings. The van der Waals surface area contributed by atoms with Gasteiger partial charge in [-0.15, -0.1) is 11.3 Å². The number of imidazole rings is 1. The molecule has 1 aromatic carbocycles. The van der Waals surface area contributed by atoms with Crippen molar-refractivity contribution in [3.8, 4) is 0 Å². The molecule has 1 N–H and O–H groups in total. The third kappa shape index (κ3) is 2.17. The molecule has 0 aliphatic carbocycles. The van der Waals surface area contributed by atoms with Gasteiger partial charge in [0.1, 0.15) is 11.3 Å². The highest BCUT2D eigenvalue weighted by Crippen LogP contribution is 2.32. The molecule has 0 saturated heterocycles. The number of aromatic nitrogens is 2. The zero-order valence-corrected chi connectivity index (χ0v) is 12.7. The molecule has 2 aromatic heterocycles. The Morgan fingerprint density at radius 1 is 1.35 bits per heavy atom. The molecule has 20 heavy (non-hydrogen) atoms. The van der Waals surface area contributed by atoms with E-state index >= 15 is 0 Å². The van der Waals surface area contributed by atoms with Crippen molar-refractivity contribution in [2.75, 3.05) is 0 Å². The van der Waals surface area contributed by atoms with Gasteiger partial charge in [-0.1, -0.05) is 11.6 Å². The quantitative estimate of drug-likeness (QED) is 0.632. The molecule has 104 valence electrons. The van der Waals surface area contributed by atoms with E-state index in [0.29, 0.717) is 14.6 Å². The van der Waals surface area contributed by atoms with Crippen molar-refractivity contribution < 1.29 is 8.78 Å². The number of H-pyrrole nitrogens is 1. The normalized spacial score (nSPS) is 13.0. The second kappa shape index (κ2) is 4.95. The fourth-order valence-corrected chi connectivity index (χ4v) is 3.68. The minimum Gasteiger partial charge on any atom is -0.328 e. The van der Waals surface area contributed by atoms with Gasteiger partial charge in [0.15, 0.2) is 10.6 Å². The Kier molecular flexibility index (Phi) is 3.40. The lowest BCUT2D eigenvalue weighted by molar-refractivity contribution is 0.589. The Morgan fingerprint density at radius 2 is 2.10 bits per heavy atom. The highest BCUT2D eigenvalue weighted by molar-refractivity contribution is 7.71. The van der Waals surface area contributed by atoms with Crippen LogP contribution in [0.4, 0.5) is 8.78 Å². The summed E-state index contributed by atoms with van der Waals surface area (Å²) in [6.07, 6.45) is 0. The molecule has 0 spiro atoms. The standard InChI is InChI=1S/C13H9ClF2N2S2/c1-6(10-2-3-11(14)20-10)18-9-5-7(15)4-8(16)12(9)17-13(18)19/h2-6H,1H3,(H,17,19). The van der Waals surface area contributed by atoms with Crippen LogP contribution in [0.15, 0.2) is 24.3 Å². The first-order valence-corrected chi connectivity index (χ1v) is 7.42. The summed E-state index contributed by atoms with van der Waals surface area (Å²) in [5, 5.41) is 0.